The topological polar surface area (TPSA) is 122 Å². The van der Waals surface area contributed by atoms with Gasteiger partial charge in [0.05, 0.1) is 0 Å². The summed E-state index contributed by atoms with van der Waals surface area (Å²) in [5.74, 6) is -2.21. The van der Waals surface area contributed by atoms with Gasteiger partial charge in [-0.25, -0.2) is 9.59 Å². The Bertz CT molecular complexity index is 446. The number of nitrogens with zero attached hydrogens (tertiary/aromatic N) is 1. The fraction of sp³-hybridized carbons (Fsp3) is 0.583. The van der Waals surface area contributed by atoms with E-state index in [1.807, 2.05) is 0 Å². The van der Waals surface area contributed by atoms with Crippen LogP contribution in [0.2, 0.25) is 0 Å². The minimum absolute atomic E-state index is 0.0235. The number of imide groups is 2. The number of carbonyl (C=O) groups excluding carboxylic acids is 5. The standard InChI is InChI=1S/C12H17N3O6/c1-13-12(20)14-8(16)4-2-3-5-11(19)21-15-9(17)6-7-10(15)18/h2-7H2,1H3,(H2,13,14,16,20). The van der Waals surface area contributed by atoms with E-state index in [9.17, 15) is 24.0 Å². The summed E-state index contributed by atoms with van der Waals surface area (Å²) < 4.78 is 0. The van der Waals surface area contributed by atoms with E-state index in [0.717, 1.165) is 0 Å². The second-order valence-corrected chi connectivity index (χ2v) is 4.38. The Morgan fingerprint density at radius 1 is 1.10 bits per heavy atom. The highest BCUT2D eigenvalue weighted by molar-refractivity contribution is 6.01. The molecule has 0 saturated carbocycles. The predicted molar refractivity (Wildman–Crippen MR) is 68.2 cm³/mol. The van der Waals surface area contributed by atoms with Gasteiger partial charge in [0.2, 0.25) is 5.91 Å². The monoisotopic (exact) mass is 299 g/mol. The molecule has 21 heavy (non-hydrogen) atoms. The molecule has 1 aliphatic heterocycles. The molecule has 1 saturated heterocycles. The summed E-state index contributed by atoms with van der Waals surface area (Å²) in [6.45, 7) is 0. The lowest BCUT2D eigenvalue weighted by Crippen LogP contribution is -2.37. The van der Waals surface area contributed by atoms with Crippen LogP contribution in [0.4, 0.5) is 4.79 Å². The summed E-state index contributed by atoms with van der Waals surface area (Å²) in [4.78, 5) is 60.6. The third-order valence-electron chi connectivity index (χ3n) is 2.71. The largest absolute Gasteiger partial charge is 0.341 e. The lowest BCUT2D eigenvalue weighted by atomic mass is 10.2. The Morgan fingerprint density at radius 2 is 1.67 bits per heavy atom. The van der Waals surface area contributed by atoms with E-state index in [-0.39, 0.29) is 25.7 Å². The molecule has 9 nitrogen and oxygen atoms in total. The molecule has 1 heterocycles. The van der Waals surface area contributed by atoms with E-state index in [0.29, 0.717) is 17.9 Å². The zero-order valence-electron chi connectivity index (χ0n) is 11.6. The molecule has 0 spiro atoms. The van der Waals surface area contributed by atoms with Crippen molar-refractivity contribution in [3.05, 3.63) is 0 Å². The van der Waals surface area contributed by atoms with E-state index in [4.69, 9.17) is 0 Å². The highest BCUT2D eigenvalue weighted by Gasteiger charge is 2.32. The highest BCUT2D eigenvalue weighted by Crippen LogP contribution is 2.13. The van der Waals surface area contributed by atoms with Gasteiger partial charge in [0, 0.05) is 32.7 Å². The molecule has 1 aliphatic rings. The molecular weight excluding hydrogens is 282 g/mol. The third-order valence-corrected chi connectivity index (χ3v) is 2.71. The van der Waals surface area contributed by atoms with Crippen LogP contribution in [0.3, 0.4) is 0 Å². The first-order chi connectivity index (χ1) is 9.93. The van der Waals surface area contributed by atoms with E-state index in [2.05, 4.69) is 15.5 Å². The Balaban J connectivity index is 2.16. The highest BCUT2D eigenvalue weighted by atomic mass is 16.7. The van der Waals surface area contributed by atoms with Gasteiger partial charge < -0.3 is 10.2 Å². The first kappa shape index (κ1) is 16.6. The lowest BCUT2D eigenvalue weighted by molar-refractivity contribution is -0.197. The van der Waals surface area contributed by atoms with Crippen molar-refractivity contribution in [2.45, 2.75) is 38.5 Å². The van der Waals surface area contributed by atoms with Gasteiger partial charge >= 0.3 is 12.0 Å². The van der Waals surface area contributed by atoms with Crippen LogP contribution in [-0.4, -0.2) is 41.8 Å². The second kappa shape index (κ2) is 7.98. The summed E-state index contributed by atoms with van der Waals surface area (Å²) in [5.41, 5.74) is 0. The SMILES string of the molecule is CNC(=O)NC(=O)CCCCC(=O)ON1C(=O)CCC1=O. The Kier molecular flexibility index (Phi) is 6.31. The summed E-state index contributed by atoms with van der Waals surface area (Å²) in [7, 11) is 1.39. The first-order valence-corrected chi connectivity index (χ1v) is 6.52. The number of amides is 5. The summed E-state index contributed by atoms with van der Waals surface area (Å²) in [6, 6.07) is -0.592. The Morgan fingerprint density at radius 3 is 2.24 bits per heavy atom. The quantitative estimate of drug-likeness (QED) is 0.509. The van der Waals surface area contributed by atoms with Crippen molar-refractivity contribution in [1.29, 1.82) is 0 Å². The van der Waals surface area contributed by atoms with Gasteiger partial charge in [-0.3, -0.25) is 19.7 Å². The number of carbonyl (C=O) groups is 5. The van der Waals surface area contributed by atoms with E-state index >= 15 is 0 Å². The molecule has 0 unspecified atom stereocenters. The molecule has 5 amide bonds. The molecule has 1 rings (SSSR count). The number of urea groups is 1. The van der Waals surface area contributed by atoms with Gasteiger partial charge in [-0.05, 0) is 12.8 Å². The maximum Gasteiger partial charge on any atom is 0.333 e. The molecule has 0 aromatic rings. The summed E-state index contributed by atoms with van der Waals surface area (Å²) in [6.07, 6.45) is 0.875. The molecule has 1 fully saturated rings. The van der Waals surface area contributed by atoms with Crippen molar-refractivity contribution in [3.8, 4) is 0 Å². The van der Waals surface area contributed by atoms with Crippen molar-refractivity contribution in [2.75, 3.05) is 7.05 Å². The molecule has 2 N–H and O–H groups in total. The van der Waals surface area contributed by atoms with Gasteiger partial charge in [-0.1, -0.05) is 0 Å². The van der Waals surface area contributed by atoms with E-state index in [1.165, 1.54) is 7.05 Å². The fourth-order valence-corrected chi connectivity index (χ4v) is 1.61. The summed E-state index contributed by atoms with van der Waals surface area (Å²) in [5, 5.41) is 4.81. The van der Waals surface area contributed by atoms with Crippen LogP contribution in [0.1, 0.15) is 38.5 Å². The van der Waals surface area contributed by atoms with Crippen LogP contribution in [-0.2, 0) is 24.0 Å². The smallest absolute Gasteiger partial charge is 0.333 e. The summed E-state index contributed by atoms with van der Waals surface area (Å²) >= 11 is 0. The molecule has 9 heteroatoms. The molecule has 0 bridgehead atoms. The average Bonchev–Trinajstić information content (AvgIpc) is 2.75. The Labute approximate surface area is 120 Å². The van der Waals surface area contributed by atoms with Gasteiger partial charge in [-0.15, -0.1) is 5.06 Å². The third kappa shape index (κ3) is 5.59. The van der Waals surface area contributed by atoms with Crippen molar-refractivity contribution < 1.29 is 28.8 Å². The Hall–Kier alpha value is -2.45. The van der Waals surface area contributed by atoms with Crippen molar-refractivity contribution >= 4 is 29.7 Å². The molecule has 0 aromatic carbocycles. The maximum atomic E-state index is 11.4. The van der Waals surface area contributed by atoms with Crippen molar-refractivity contribution in [2.24, 2.45) is 0 Å². The van der Waals surface area contributed by atoms with Crippen LogP contribution >= 0.6 is 0 Å². The maximum absolute atomic E-state index is 11.4. The molecule has 0 atom stereocenters. The number of hydrogen-bond donors (Lipinski definition) is 2. The van der Waals surface area contributed by atoms with Crippen LogP contribution in [0.25, 0.3) is 0 Å². The van der Waals surface area contributed by atoms with Crippen LogP contribution in [0.5, 0.6) is 0 Å². The number of unbranched alkanes of at least 4 members (excludes halogenated alkanes) is 1. The van der Waals surface area contributed by atoms with Crippen LogP contribution < -0.4 is 10.6 Å². The predicted octanol–water partition coefficient (Wildman–Crippen LogP) is -0.390. The minimum atomic E-state index is -0.703. The first-order valence-electron chi connectivity index (χ1n) is 6.52. The van der Waals surface area contributed by atoms with Gasteiger partial charge in [0.15, 0.2) is 0 Å². The minimum Gasteiger partial charge on any atom is -0.341 e. The lowest BCUT2D eigenvalue weighted by Gasteiger charge is -2.12. The van der Waals surface area contributed by atoms with Gasteiger partial charge in [0.25, 0.3) is 11.8 Å². The molecular formula is C12H17N3O6. The molecule has 0 radical (unpaired) electrons. The zero-order valence-corrected chi connectivity index (χ0v) is 11.6. The molecule has 116 valence electrons. The van der Waals surface area contributed by atoms with Gasteiger partial charge in [0.1, 0.15) is 0 Å². The van der Waals surface area contributed by atoms with E-state index in [1.54, 1.807) is 0 Å². The zero-order chi connectivity index (χ0) is 15.8. The molecule has 0 aliphatic carbocycles. The van der Waals surface area contributed by atoms with Crippen LogP contribution in [0.15, 0.2) is 0 Å². The number of rotatable bonds is 6. The van der Waals surface area contributed by atoms with Gasteiger partial charge in [-0.2, -0.15) is 0 Å². The van der Waals surface area contributed by atoms with Crippen LogP contribution in [0, 0.1) is 0 Å². The average molecular weight is 299 g/mol. The number of hydrogen-bond acceptors (Lipinski definition) is 6. The number of nitrogens with one attached hydrogen (secondary N) is 2. The van der Waals surface area contributed by atoms with Crippen molar-refractivity contribution in [3.63, 3.8) is 0 Å². The molecule has 0 aromatic heterocycles. The second-order valence-electron chi connectivity index (χ2n) is 4.38. The van der Waals surface area contributed by atoms with E-state index < -0.39 is 29.7 Å². The van der Waals surface area contributed by atoms with Crippen molar-refractivity contribution in [1.82, 2.24) is 15.7 Å². The number of hydroxylamine groups is 2. The fourth-order valence-electron chi connectivity index (χ4n) is 1.61. The normalized spacial score (nSPS) is 14.0.